The number of pyridine rings is 1. The molecule has 1 N–H and O–H groups in total. The number of anilines is 1. The van der Waals surface area contributed by atoms with Crippen molar-refractivity contribution in [2.45, 2.75) is 6.92 Å². The maximum Gasteiger partial charge on any atom is 0.276 e. The van der Waals surface area contributed by atoms with E-state index in [0.717, 1.165) is 0 Å². The molecule has 3 aromatic rings. The number of carbonyl (C=O) groups excluding carboxylic acids is 3. The van der Waals surface area contributed by atoms with Crippen LogP contribution in [-0.4, -0.2) is 46.0 Å². The van der Waals surface area contributed by atoms with E-state index in [-0.39, 0.29) is 29.4 Å². The summed E-state index contributed by atoms with van der Waals surface area (Å²) in [6.45, 7) is 1.24. The van der Waals surface area contributed by atoms with E-state index in [0.29, 0.717) is 24.3 Å². The van der Waals surface area contributed by atoms with Crippen LogP contribution in [0.5, 0.6) is 0 Å². The summed E-state index contributed by atoms with van der Waals surface area (Å²) in [7, 11) is 1.53. The van der Waals surface area contributed by atoms with E-state index in [1.165, 1.54) is 35.8 Å². The average molecular weight is 649 g/mol. The highest BCUT2D eigenvalue weighted by atomic mass is 79.9. The third-order valence-corrected chi connectivity index (χ3v) is 5.99. The Kier molecular flexibility index (Phi) is 7.86. The van der Waals surface area contributed by atoms with E-state index in [1.807, 2.05) is 0 Å². The normalized spacial score (nSPS) is 10.7. The molecule has 12 heteroatoms. The number of nitrogens with zero attached hydrogens (tertiary/aromatic N) is 4. The molecule has 0 fully saturated rings. The number of amides is 2. The third-order valence-electron chi connectivity index (χ3n) is 4.25. The number of rotatable bonds is 6. The molecule has 2 heterocycles. The Hall–Kier alpha value is -2.08. The molecule has 32 heavy (non-hydrogen) atoms. The van der Waals surface area contributed by atoms with Crippen LogP contribution < -0.4 is 10.2 Å². The summed E-state index contributed by atoms with van der Waals surface area (Å²) in [5, 5.41) is 7.15. The van der Waals surface area contributed by atoms with Gasteiger partial charge in [0.25, 0.3) is 11.8 Å². The van der Waals surface area contributed by atoms with E-state index in [4.69, 9.17) is 11.6 Å². The highest BCUT2D eigenvalue weighted by Crippen LogP contribution is 2.34. The van der Waals surface area contributed by atoms with Crippen molar-refractivity contribution >= 4 is 82.7 Å². The van der Waals surface area contributed by atoms with Crippen LogP contribution in [-0.2, 0) is 4.79 Å². The van der Waals surface area contributed by atoms with E-state index in [9.17, 15) is 14.4 Å². The van der Waals surface area contributed by atoms with Gasteiger partial charge in [0, 0.05) is 28.3 Å². The number of halogens is 4. The van der Waals surface area contributed by atoms with Crippen molar-refractivity contribution < 1.29 is 14.4 Å². The maximum atomic E-state index is 13.5. The van der Waals surface area contributed by atoms with Gasteiger partial charge in [-0.2, -0.15) is 5.10 Å². The zero-order valence-corrected chi connectivity index (χ0v) is 22.2. The minimum absolute atomic E-state index is 0.127. The van der Waals surface area contributed by atoms with Crippen LogP contribution in [0, 0.1) is 0 Å². The molecular weight excluding hydrogens is 633 g/mol. The van der Waals surface area contributed by atoms with E-state index >= 15 is 0 Å². The van der Waals surface area contributed by atoms with Crippen LogP contribution in [0.15, 0.2) is 50.1 Å². The first-order valence-electron chi connectivity index (χ1n) is 9.01. The minimum Gasteiger partial charge on any atom is -0.345 e. The molecule has 8 nitrogen and oxygen atoms in total. The Morgan fingerprint density at radius 3 is 2.56 bits per heavy atom. The molecule has 2 aromatic heterocycles. The Bertz CT molecular complexity index is 1230. The lowest BCUT2D eigenvalue weighted by Crippen LogP contribution is -2.33. The largest absolute Gasteiger partial charge is 0.345 e. The van der Waals surface area contributed by atoms with E-state index in [1.54, 1.807) is 24.3 Å². The van der Waals surface area contributed by atoms with Gasteiger partial charge in [0.05, 0.1) is 22.8 Å². The van der Waals surface area contributed by atoms with Gasteiger partial charge < -0.3 is 10.2 Å². The molecule has 3 rings (SSSR count). The molecule has 0 saturated heterocycles. The molecule has 166 valence electrons. The fraction of sp³-hybridized carbons (Fsp3) is 0.150. The summed E-state index contributed by atoms with van der Waals surface area (Å²) < 4.78 is 2.85. The van der Waals surface area contributed by atoms with Crippen molar-refractivity contribution in [3.63, 3.8) is 0 Å². The van der Waals surface area contributed by atoms with Crippen molar-refractivity contribution in [2.24, 2.45) is 0 Å². The molecule has 0 spiro atoms. The Morgan fingerprint density at radius 1 is 1.19 bits per heavy atom. The van der Waals surface area contributed by atoms with Gasteiger partial charge in [-0.05, 0) is 63.0 Å². The SMILES string of the molecule is CC(=O)CNC(=O)c1cc(Br)cc(Br)c1N(C)C(=O)c1cc(Br)nn1-c1ncccc1Cl. The topological polar surface area (TPSA) is 97.2 Å². The molecule has 2 amide bonds. The monoisotopic (exact) mass is 645 g/mol. The molecule has 0 unspecified atom stereocenters. The molecule has 0 aliphatic heterocycles. The number of hydrogen-bond donors (Lipinski definition) is 1. The number of benzene rings is 1. The predicted molar refractivity (Wildman–Crippen MR) is 132 cm³/mol. The third kappa shape index (κ3) is 5.28. The van der Waals surface area contributed by atoms with Gasteiger partial charge in [-0.25, -0.2) is 9.67 Å². The molecule has 0 aliphatic rings. The van der Waals surface area contributed by atoms with Gasteiger partial charge in [0.15, 0.2) is 5.82 Å². The van der Waals surface area contributed by atoms with Gasteiger partial charge in [-0.3, -0.25) is 14.4 Å². The fourth-order valence-corrected chi connectivity index (χ4v) is 4.92. The lowest BCUT2D eigenvalue weighted by Gasteiger charge is -2.22. The van der Waals surface area contributed by atoms with Gasteiger partial charge in [-0.1, -0.05) is 27.5 Å². The zero-order valence-electron chi connectivity index (χ0n) is 16.7. The van der Waals surface area contributed by atoms with Crippen molar-refractivity contribution in [3.05, 3.63) is 66.4 Å². The number of aromatic nitrogens is 3. The molecular formula is C20H15Br3ClN5O3. The predicted octanol–water partition coefficient (Wildman–Crippen LogP) is 4.80. The molecule has 0 atom stereocenters. The summed E-state index contributed by atoms with van der Waals surface area (Å²) in [5.74, 6) is -0.877. The average Bonchev–Trinajstić information content (AvgIpc) is 3.12. The first-order valence-corrected chi connectivity index (χ1v) is 11.8. The summed E-state index contributed by atoms with van der Waals surface area (Å²) in [6.07, 6.45) is 1.54. The highest BCUT2D eigenvalue weighted by molar-refractivity contribution is 9.11. The molecule has 0 saturated carbocycles. The molecule has 0 bridgehead atoms. The fourth-order valence-electron chi connectivity index (χ4n) is 2.85. The van der Waals surface area contributed by atoms with Gasteiger partial charge in [0.1, 0.15) is 16.1 Å². The van der Waals surface area contributed by atoms with Crippen molar-refractivity contribution in [3.8, 4) is 5.82 Å². The number of Topliss-reactive ketones (excluding diaryl/α,β-unsaturated/α-hetero) is 1. The van der Waals surface area contributed by atoms with Crippen LogP contribution >= 0.6 is 59.4 Å². The summed E-state index contributed by atoms with van der Waals surface area (Å²) in [6, 6.07) is 8.13. The van der Waals surface area contributed by atoms with Crippen LogP contribution in [0.1, 0.15) is 27.8 Å². The molecule has 0 radical (unpaired) electrons. The molecule has 0 aliphatic carbocycles. The number of nitrogens with one attached hydrogen (secondary N) is 1. The second kappa shape index (κ2) is 10.2. The van der Waals surface area contributed by atoms with Crippen molar-refractivity contribution in [1.29, 1.82) is 0 Å². The standard InChI is InChI=1S/C20H15Br3ClN5O3/c1-10(30)9-26-19(31)12-6-11(21)7-13(22)17(12)28(2)20(32)15-8-16(23)27-29(15)18-14(24)4-3-5-25-18/h3-8H,9H2,1-2H3,(H,26,31). The Morgan fingerprint density at radius 2 is 1.91 bits per heavy atom. The second-order valence-corrected chi connectivity index (χ2v) is 9.60. The lowest BCUT2D eigenvalue weighted by molar-refractivity contribution is -0.116. The quantitative estimate of drug-likeness (QED) is 0.415. The molecule has 1 aromatic carbocycles. The van der Waals surface area contributed by atoms with Crippen LogP contribution in [0.2, 0.25) is 5.02 Å². The number of carbonyl (C=O) groups is 3. The Labute approximate surface area is 213 Å². The van der Waals surface area contributed by atoms with Crippen LogP contribution in [0.3, 0.4) is 0 Å². The van der Waals surface area contributed by atoms with Crippen molar-refractivity contribution in [2.75, 3.05) is 18.5 Å². The van der Waals surface area contributed by atoms with Crippen molar-refractivity contribution in [1.82, 2.24) is 20.1 Å². The van der Waals surface area contributed by atoms with E-state index in [2.05, 4.69) is 63.2 Å². The summed E-state index contributed by atoms with van der Waals surface area (Å²) in [4.78, 5) is 43.1. The van der Waals surface area contributed by atoms with Gasteiger partial charge in [0.2, 0.25) is 0 Å². The zero-order chi connectivity index (χ0) is 23.6. The first-order chi connectivity index (χ1) is 15.1. The summed E-state index contributed by atoms with van der Waals surface area (Å²) >= 11 is 16.3. The summed E-state index contributed by atoms with van der Waals surface area (Å²) in [5.41, 5.74) is 0.685. The number of ketones is 1. The van der Waals surface area contributed by atoms with Gasteiger partial charge >= 0.3 is 0 Å². The second-order valence-electron chi connectivity index (χ2n) is 6.61. The Balaban J connectivity index is 2.07. The first kappa shape index (κ1) is 24.6. The lowest BCUT2D eigenvalue weighted by atomic mass is 10.1. The highest BCUT2D eigenvalue weighted by Gasteiger charge is 2.27. The van der Waals surface area contributed by atoms with Crippen LogP contribution in [0.4, 0.5) is 5.69 Å². The number of hydrogen-bond acceptors (Lipinski definition) is 5. The van der Waals surface area contributed by atoms with Crippen LogP contribution in [0.25, 0.3) is 5.82 Å². The maximum absolute atomic E-state index is 13.5. The minimum atomic E-state index is -0.501. The van der Waals surface area contributed by atoms with Gasteiger partial charge in [-0.15, -0.1) is 0 Å². The smallest absolute Gasteiger partial charge is 0.276 e. The van der Waals surface area contributed by atoms with E-state index < -0.39 is 11.8 Å².